The van der Waals surface area contributed by atoms with E-state index in [-0.39, 0.29) is 18.7 Å². The zero-order chi connectivity index (χ0) is 9.68. The number of amides is 1. The van der Waals surface area contributed by atoms with E-state index in [0.717, 1.165) is 25.7 Å². The van der Waals surface area contributed by atoms with Gasteiger partial charge in [-0.1, -0.05) is 6.42 Å². The molecule has 2 atom stereocenters. The Labute approximate surface area is 77.7 Å². The van der Waals surface area contributed by atoms with E-state index in [4.69, 9.17) is 16.3 Å². The van der Waals surface area contributed by atoms with Crippen molar-refractivity contribution in [2.24, 2.45) is 11.5 Å². The molecule has 5 heteroatoms. The van der Waals surface area contributed by atoms with Crippen LogP contribution in [0.3, 0.4) is 0 Å². The summed E-state index contributed by atoms with van der Waals surface area (Å²) < 4.78 is 0. The molecule has 0 aromatic heterocycles. The lowest BCUT2D eigenvalue weighted by atomic mass is 9.92. The van der Waals surface area contributed by atoms with Gasteiger partial charge in [-0.2, -0.15) is 5.48 Å². The van der Waals surface area contributed by atoms with Crippen molar-refractivity contribution in [1.29, 1.82) is 0 Å². The van der Waals surface area contributed by atoms with Crippen LogP contribution in [0.4, 0.5) is 0 Å². The maximum atomic E-state index is 10.3. The summed E-state index contributed by atoms with van der Waals surface area (Å²) in [4.78, 5) is 15.2. The molecule has 0 bridgehead atoms. The van der Waals surface area contributed by atoms with Gasteiger partial charge < -0.3 is 11.5 Å². The lowest BCUT2D eigenvalue weighted by Crippen LogP contribution is -2.40. The van der Waals surface area contributed by atoms with Crippen molar-refractivity contribution in [1.82, 2.24) is 5.48 Å². The van der Waals surface area contributed by atoms with Gasteiger partial charge in [-0.15, -0.1) is 0 Å². The van der Waals surface area contributed by atoms with Crippen LogP contribution in [0.15, 0.2) is 0 Å². The highest BCUT2D eigenvalue weighted by atomic mass is 16.6. The molecule has 1 saturated carbocycles. The summed E-state index contributed by atoms with van der Waals surface area (Å²) in [6.45, 7) is -0.0776. The summed E-state index contributed by atoms with van der Waals surface area (Å²) in [7, 11) is 0. The van der Waals surface area contributed by atoms with Crippen molar-refractivity contribution in [2.45, 2.75) is 37.8 Å². The molecule has 5 nitrogen and oxygen atoms in total. The third-order valence-electron chi connectivity index (χ3n) is 2.18. The summed E-state index contributed by atoms with van der Waals surface area (Å²) in [5.74, 6) is -0.465. The summed E-state index contributed by atoms with van der Waals surface area (Å²) in [6, 6.07) is 0.520. The summed E-state index contributed by atoms with van der Waals surface area (Å²) in [5, 5.41) is 0. The average molecular weight is 187 g/mol. The largest absolute Gasteiger partial charge is 0.368 e. The number of nitrogens with one attached hydrogen (secondary N) is 1. The molecule has 0 radical (unpaired) electrons. The predicted molar refractivity (Wildman–Crippen MR) is 48.5 cm³/mol. The first-order valence-corrected chi connectivity index (χ1v) is 4.59. The van der Waals surface area contributed by atoms with Gasteiger partial charge in [-0.25, -0.2) is 0 Å². The highest BCUT2D eigenvalue weighted by molar-refractivity contribution is 5.74. The van der Waals surface area contributed by atoms with Crippen LogP contribution in [0.25, 0.3) is 0 Å². The summed E-state index contributed by atoms with van der Waals surface area (Å²) in [5.41, 5.74) is 13.5. The van der Waals surface area contributed by atoms with Crippen LogP contribution in [0, 0.1) is 0 Å². The van der Waals surface area contributed by atoms with E-state index >= 15 is 0 Å². The smallest absolute Gasteiger partial charge is 0.245 e. The van der Waals surface area contributed by atoms with Crippen LogP contribution >= 0.6 is 0 Å². The van der Waals surface area contributed by atoms with Gasteiger partial charge in [0.1, 0.15) is 6.61 Å². The monoisotopic (exact) mass is 187 g/mol. The zero-order valence-corrected chi connectivity index (χ0v) is 7.66. The van der Waals surface area contributed by atoms with Crippen molar-refractivity contribution < 1.29 is 9.63 Å². The molecule has 1 amide bonds. The Hall–Kier alpha value is -0.650. The quantitative estimate of drug-likeness (QED) is 0.506. The van der Waals surface area contributed by atoms with Gasteiger partial charge in [-0.3, -0.25) is 9.63 Å². The van der Waals surface area contributed by atoms with Gasteiger partial charge in [0.25, 0.3) is 0 Å². The van der Waals surface area contributed by atoms with Gasteiger partial charge >= 0.3 is 0 Å². The number of hydrogen-bond donors (Lipinski definition) is 3. The second-order valence-corrected chi connectivity index (χ2v) is 3.50. The lowest BCUT2D eigenvalue weighted by molar-refractivity contribution is -0.126. The number of hydrogen-bond acceptors (Lipinski definition) is 4. The van der Waals surface area contributed by atoms with Gasteiger partial charge in [0.05, 0.1) is 0 Å². The van der Waals surface area contributed by atoms with Crippen molar-refractivity contribution in [3.8, 4) is 0 Å². The minimum Gasteiger partial charge on any atom is -0.368 e. The van der Waals surface area contributed by atoms with Gasteiger partial charge in [0.2, 0.25) is 5.91 Å². The molecule has 1 aliphatic carbocycles. The fraction of sp³-hybridized carbons (Fsp3) is 0.875. The minimum atomic E-state index is -0.465. The molecule has 13 heavy (non-hydrogen) atoms. The topological polar surface area (TPSA) is 90.4 Å². The first kappa shape index (κ1) is 10.4. The van der Waals surface area contributed by atoms with Gasteiger partial charge in [0, 0.05) is 12.1 Å². The number of hydroxylamine groups is 1. The molecule has 0 saturated heterocycles. The molecule has 0 aromatic carbocycles. The fourth-order valence-electron chi connectivity index (χ4n) is 1.57. The molecule has 76 valence electrons. The maximum absolute atomic E-state index is 10.3. The molecule has 0 aliphatic heterocycles. The Morgan fingerprint density at radius 3 is 2.92 bits per heavy atom. The van der Waals surface area contributed by atoms with Gasteiger partial charge in [-0.05, 0) is 19.3 Å². The summed E-state index contributed by atoms with van der Waals surface area (Å²) in [6.07, 6.45) is 4.14. The number of carbonyl (C=O) groups excluding carboxylic acids is 1. The Balaban J connectivity index is 2.10. The van der Waals surface area contributed by atoms with Crippen LogP contribution in [-0.4, -0.2) is 24.6 Å². The molecule has 0 heterocycles. The van der Waals surface area contributed by atoms with Crippen molar-refractivity contribution in [3.63, 3.8) is 0 Å². The molecule has 0 spiro atoms. The zero-order valence-electron chi connectivity index (χ0n) is 7.66. The average Bonchev–Trinajstić information content (AvgIpc) is 2.03. The second-order valence-electron chi connectivity index (χ2n) is 3.50. The molecule has 0 aromatic rings. The third kappa shape index (κ3) is 4.21. The molecule has 5 N–H and O–H groups in total. The number of nitrogens with two attached hydrogens (primary N) is 2. The minimum absolute atomic E-state index is 0.0776. The van der Waals surface area contributed by atoms with E-state index in [1.165, 1.54) is 0 Å². The van der Waals surface area contributed by atoms with Crippen LogP contribution < -0.4 is 16.9 Å². The van der Waals surface area contributed by atoms with E-state index in [0.29, 0.717) is 0 Å². The number of rotatable bonds is 4. The van der Waals surface area contributed by atoms with Crippen molar-refractivity contribution in [3.05, 3.63) is 0 Å². The van der Waals surface area contributed by atoms with Crippen LogP contribution in [0.2, 0.25) is 0 Å². The fourth-order valence-corrected chi connectivity index (χ4v) is 1.57. The Morgan fingerprint density at radius 2 is 2.31 bits per heavy atom. The van der Waals surface area contributed by atoms with Crippen LogP contribution in [0.5, 0.6) is 0 Å². The first-order valence-electron chi connectivity index (χ1n) is 4.59. The molecule has 1 aliphatic rings. The molecular weight excluding hydrogens is 170 g/mol. The van der Waals surface area contributed by atoms with E-state index in [1.54, 1.807) is 0 Å². The van der Waals surface area contributed by atoms with E-state index < -0.39 is 5.91 Å². The number of carbonyl (C=O) groups is 1. The van der Waals surface area contributed by atoms with Gasteiger partial charge in [0.15, 0.2) is 0 Å². The second kappa shape index (κ2) is 5.16. The van der Waals surface area contributed by atoms with Crippen molar-refractivity contribution in [2.75, 3.05) is 6.61 Å². The van der Waals surface area contributed by atoms with E-state index in [2.05, 4.69) is 5.48 Å². The maximum Gasteiger partial charge on any atom is 0.245 e. The lowest BCUT2D eigenvalue weighted by Gasteiger charge is -2.26. The normalized spacial score (nSPS) is 28.7. The van der Waals surface area contributed by atoms with E-state index in [1.807, 2.05) is 0 Å². The molecule has 1 rings (SSSR count). The Morgan fingerprint density at radius 1 is 1.54 bits per heavy atom. The SMILES string of the molecule is NC(=O)CONC1CCCC(N)C1. The predicted octanol–water partition coefficient (Wildman–Crippen LogP) is -0.737. The molecule has 1 fully saturated rings. The third-order valence-corrected chi connectivity index (χ3v) is 2.18. The van der Waals surface area contributed by atoms with Crippen LogP contribution in [-0.2, 0) is 9.63 Å². The Kier molecular flexibility index (Phi) is 4.14. The van der Waals surface area contributed by atoms with E-state index in [9.17, 15) is 4.79 Å². The Bertz CT molecular complexity index is 175. The molecular formula is C8H17N3O2. The summed E-state index contributed by atoms with van der Waals surface area (Å²) >= 11 is 0. The highest BCUT2D eigenvalue weighted by Crippen LogP contribution is 2.16. The standard InChI is InChI=1S/C8H17N3O2/c9-6-2-1-3-7(4-6)11-13-5-8(10)12/h6-7,11H,1-5,9H2,(H2,10,12). The first-order chi connectivity index (χ1) is 6.18. The highest BCUT2D eigenvalue weighted by Gasteiger charge is 2.18. The number of primary amides is 1. The molecule has 2 unspecified atom stereocenters. The van der Waals surface area contributed by atoms with Crippen LogP contribution in [0.1, 0.15) is 25.7 Å². The van der Waals surface area contributed by atoms with Crippen molar-refractivity contribution >= 4 is 5.91 Å².